The van der Waals surface area contributed by atoms with Gasteiger partial charge >= 0.3 is 0 Å². The number of rotatable bonds is 5. The topological polar surface area (TPSA) is 87.3 Å². The summed E-state index contributed by atoms with van der Waals surface area (Å²) in [4.78, 5) is 18.8. The third-order valence-electron chi connectivity index (χ3n) is 2.42. The Balaban J connectivity index is 2.24. The standard InChI is InChI=1S/C13H13N3O3/c1-18-11-10(7-17)12(16-13(14)15-11)19-8-9-5-3-2-4-6-9/h2-7H,8H2,1H3,(H2,14,15,16). The second-order valence-corrected chi connectivity index (χ2v) is 3.70. The fourth-order valence-electron chi connectivity index (χ4n) is 1.54. The summed E-state index contributed by atoms with van der Waals surface area (Å²) in [6.45, 7) is 0.279. The Morgan fingerprint density at radius 3 is 2.53 bits per heavy atom. The molecule has 0 saturated heterocycles. The third-order valence-corrected chi connectivity index (χ3v) is 2.42. The molecule has 0 saturated carbocycles. The molecule has 0 amide bonds. The zero-order chi connectivity index (χ0) is 13.7. The van der Waals surface area contributed by atoms with Gasteiger partial charge in [-0.05, 0) is 5.56 Å². The number of aromatic nitrogens is 2. The SMILES string of the molecule is COc1nc(N)nc(OCc2ccccc2)c1C=O. The van der Waals surface area contributed by atoms with Gasteiger partial charge in [-0.15, -0.1) is 0 Å². The van der Waals surface area contributed by atoms with E-state index in [-0.39, 0.29) is 29.9 Å². The van der Waals surface area contributed by atoms with Gasteiger partial charge in [0.15, 0.2) is 6.29 Å². The van der Waals surface area contributed by atoms with Crippen LogP contribution in [0, 0.1) is 0 Å². The molecule has 1 aromatic heterocycles. The average Bonchev–Trinajstić information content (AvgIpc) is 2.45. The van der Waals surface area contributed by atoms with Gasteiger partial charge in [0, 0.05) is 0 Å². The number of nitrogens with two attached hydrogens (primary N) is 1. The van der Waals surface area contributed by atoms with Crippen molar-refractivity contribution in [1.82, 2.24) is 9.97 Å². The highest BCUT2D eigenvalue weighted by molar-refractivity contribution is 5.81. The summed E-state index contributed by atoms with van der Waals surface area (Å²) in [6, 6.07) is 9.51. The van der Waals surface area contributed by atoms with Crippen LogP contribution in [-0.2, 0) is 6.61 Å². The minimum atomic E-state index is -0.00879. The lowest BCUT2D eigenvalue weighted by atomic mass is 10.2. The molecule has 0 aliphatic heterocycles. The van der Waals surface area contributed by atoms with Gasteiger partial charge in [0.25, 0.3) is 0 Å². The largest absolute Gasteiger partial charge is 0.480 e. The van der Waals surface area contributed by atoms with Crippen LogP contribution in [0.15, 0.2) is 30.3 Å². The number of carbonyl (C=O) groups excluding carboxylic acids is 1. The minimum absolute atomic E-state index is 0.00879. The summed E-state index contributed by atoms with van der Waals surface area (Å²) in [5.74, 6) is 0.208. The number of carbonyl (C=O) groups is 1. The highest BCUT2D eigenvalue weighted by Crippen LogP contribution is 2.24. The molecule has 1 heterocycles. The number of hydrogen-bond acceptors (Lipinski definition) is 6. The van der Waals surface area contributed by atoms with E-state index >= 15 is 0 Å². The summed E-state index contributed by atoms with van der Waals surface area (Å²) >= 11 is 0. The van der Waals surface area contributed by atoms with E-state index in [2.05, 4.69) is 9.97 Å². The summed E-state index contributed by atoms with van der Waals surface area (Å²) in [5, 5.41) is 0. The van der Waals surface area contributed by atoms with Crippen molar-refractivity contribution in [1.29, 1.82) is 0 Å². The quantitative estimate of drug-likeness (QED) is 0.818. The van der Waals surface area contributed by atoms with Crippen molar-refractivity contribution in [2.45, 2.75) is 6.61 Å². The second-order valence-electron chi connectivity index (χ2n) is 3.70. The lowest BCUT2D eigenvalue weighted by Crippen LogP contribution is -2.07. The third kappa shape index (κ3) is 2.98. The maximum atomic E-state index is 11.0. The van der Waals surface area contributed by atoms with Gasteiger partial charge in [0.2, 0.25) is 17.7 Å². The summed E-state index contributed by atoms with van der Waals surface area (Å²) in [5.41, 5.74) is 6.63. The number of methoxy groups -OCH3 is 1. The molecule has 0 aliphatic rings. The van der Waals surface area contributed by atoms with E-state index in [1.165, 1.54) is 7.11 Å². The van der Waals surface area contributed by atoms with E-state index in [0.717, 1.165) is 5.56 Å². The van der Waals surface area contributed by atoms with Gasteiger partial charge in [0.05, 0.1) is 7.11 Å². The van der Waals surface area contributed by atoms with Crippen LogP contribution in [0.2, 0.25) is 0 Å². The van der Waals surface area contributed by atoms with Gasteiger partial charge in [0.1, 0.15) is 12.2 Å². The number of aldehydes is 1. The molecule has 0 spiro atoms. The van der Waals surface area contributed by atoms with E-state index in [4.69, 9.17) is 15.2 Å². The summed E-state index contributed by atoms with van der Waals surface area (Å²) in [6.07, 6.45) is 0.582. The zero-order valence-corrected chi connectivity index (χ0v) is 10.4. The molecule has 1 aromatic carbocycles. The van der Waals surface area contributed by atoms with Crippen LogP contribution in [0.4, 0.5) is 5.95 Å². The Morgan fingerprint density at radius 2 is 1.89 bits per heavy atom. The normalized spacial score (nSPS) is 9.95. The Morgan fingerprint density at radius 1 is 1.21 bits per heavy atom. The van der Waals surface area contributed by atoms with Crippen molar-refractivity contribution in [3.05, 3.63) is 41.5 Å². The maximum absolute atomic E-state index is 11.0. The van der Waals surface area contributed by atoms with Crippen LogP contribution in [0.1, 0.15) is 15.9 Å². The van der Waals surface area contributed by atoms with Crippen molar-refractivity contribution in [2.24, 2.45) is 0 Å². The van der Waals surface area contributed by atoms with Crippen LogP contribution >= 0.6 is 0 Å². The molecule has 6 nitrogen and oxygen atoms in total. The Labute approximate surface area is 110 Å². The highest BCUT2D eigenvalue weighted by Gasteiger charge is 2.15. The second kappa shape index (κ2) is 5.81. The number of nitrogen functional groups attached to an aromatic ring is 1. The number of anilines is 1. The first-order valence-corrected chi connectivity index (χ1v) is 5.58. The van der Waals surface area contributed by atoms with Gasteiger partial charge in [-0.25, -0.2) is 0 Å². The number of ether oxygens (including phenoxy) is 2. The Hall–Kier alpha value is -2.63. The number of hydrogen-bond donors (Lipinski definition) is 1. The predicted molar refractivity (Wildman–Crippen MR) is 69.2 cm³/mol. The zero-order valence-electron chi connectivity index (χ0n) is 10.4. The highest BCUT2D eigenvalue weighted by atomic mass is 16.5. The van der Waals surface area contributed by atoms with Crippen molar-refractivity contribution in [3.8, 4) is 11.8 Å². The van der Waals surface area contributed by atoms with Crippen molar-refractivity contribution in [2.75, 3.05) is 12.8 Å². The molecule has 0 aliphatic carbocycles. The number of benzene rings is 1. The van der Waals surface area contributed by atoms with Gasteiger partial charge < -0.3 is 15.2 Å². The minimum Gasteiger partial charge on any atom is -0.480 e. The molecule has 98 valence electrons. The van der Waals surface area contributed by atoms with E-state index in [1.54, 1.807) is 0 Å². The first-order valence-electron chi connectivity index (χ1n) is 5.58. The molecular weight excluding hydrogens is 246 g/mol. The van der Waals surface area contributed by atoms with Crippen LogP contribution in [0.3, 0.4) is 0 Å². The van der Waals surface area contributed by atoms with Gasteiger partial charge in [-0.2, -0.15) is 9.97 Å². The predicted octanol–water partition coefficient (Wildman–Crippen LogP) is 1.46. The maximum Gasteiger partial charge on any atom is 0.233 e. The molecule has 0 unspecified atom stereocenters. The van der Waals surface area contributed by atoms with E-state index in [1.807, 2.05) is 30.3 Å². The average molecular weight is 259 g/mol. The lowest BCUT2D eigenvalue weighted by molar-refractivity contribution is 0.111. The molecule has 0 fully saturated rings. The molecule has 6 heteroatoms. The van der Waals surface area contributed by atoms with Crippen LogP contribution in [0.25, 0.3) is 0 Å². The van der Waals surface area contributed by atoms with E-state index in [9.17, 15) is 4.79 Å². The van der Waals surface area contributed by atoms with Crippen LogP contribution < -0.4 is 15.2 Å². The van der Waals surface area contributed by atoms with Crippen LogP contribution in [0.5, 0.6) is 11.8 Å². The van der Waals surface area contributed by atoms with E-state index in [0.29, 0.717) is 6.29 Å². The van der Waals surface area contributed by atoms with E-state index < -0.39 is 0 Å². The lowest BCUT2D eigenvalue weighted by Gasteiger charge is -2.10. The van der Waals surface area contributed by atoms with Crippen molar-refractivity contribution in [3.63, 3.8) is 0 Å². The molecule has 0 bridgehead atoms. The molecule has 2 aromatic rings. The first-order chi connectivity index (χ1) is 9.24. The monoisotopic (exact) mass is 259 g/mol. The summed E-state index contributed by atoms with van der Waals surface area (Å²) in [7, 11) is 1.40. The van der Waals surface area contributed by atoms with Gasteiger partial charge in [-0.3, -0.25) is 4.79 Å². The first kappa shape index (κ1) is 12.8. The molecule has 19 heavy (non-hydrogen) atoms. The summed E-state index contributed by atoms with van der Waals surface area (Å²) < 4.78 is 10.5. The molecule has 0 radical (unpaired) electrons. The smallest absolute Gasteiger partial charge is 0.233 e. The van der Waals surface area contributed by atoms with Crippen molar-refractivity contribution < 1.29 is 14.3 Å². The van der Waals surface area contributed by atoms with Gasteiger partial charge in [-0.1, -0.05) is 30.3 Å². The Kier molecular flexibility index (Phi) is 3.92. The molecule has 2 rings (SSSR count). The number of nitrogens with zero attached hydrogens (tertiary/aromatic N) is 2. The molecule has 2 N–H and O–H groups in total. The fraction of sp³-hybridized carbons (Fsp3) is 0.154. The Bertz CT molecular complexity index is 573. The van der Waals surface area contributed by atoms with Crippen LogP contribution in [-0.4, -0.2) is 23.4 Å². The van der Waals surface area contributed by atoms with Crippen molar-refractivity contribution >= 4 is 12.2 Å². The molecule has 0 atom stereocenters. The molecular formula is C13H13N3O3. The fourth-order valence-corrected chi connectivity index (χ4v) is 1.54.